The van der Waals surface area contributed by atoms with Crippen LogP contribution >= 0.6 is 11.6 Å². The van der Waals surface area contributed by atoms with Gasteiger partial charge in [0.05, 0.1) is 13.0 Å². The van der Waals surface area contributed by atoms with Crippen molar-refractivity contribution in [2.24, 2.45) is 5.92 Å². The van der Waals surface area contributed by atoms with Crippen LogP contribution in [-0.4, -0.2) is 13.1 Å². The Labute approximate surface area is 72.2 Å². The van der Waals surface area contributed by atoms with Crippen molar-refractivity contribution in [1.82, 2.24) is 0 Å². The second-order valence-electron chi connectivity index (χ2n) is 2.35. The molecule has 0 aliphatic rings. The van der Waals surface area contributed by atoms with Gasteiger partial charge in [0.25, 0.3) is 0 Å². The largest absolute Gasteiger partial charge is 0.469 e. The summed E-state index contributed by atoms with van der Waals surface area (Å²) in [4.78, 5) is 11.0. The molecule has 0 aliphatic heterocycles. The number of esters is 1. The Morgan fingerprint density at radius 1 is 1.73 bits per heavy atom. The molecule has 11 heavy (non-hydrogen) atoms. The van der Waals surface area contributed by atoms with E-state index in [1.54, 1.807) is 0 Å². The lowest BCUT2D eigenvalue weighted by Crippen LogP contribution is -2.15. The Morgan fingerprint density at radius 2 is 2.27 bits per heavy atom. The average Bonchev–Trinajstić information content (AvgIpc) is 1.98. The Hall–Kier alpha value is -0.500. The van der Waals surface area contributed by atoms with Crippen LogP contribution in [0.5, 0.6) is 0 Å². The van der Waals surface area contributed by atoms with Gasteiger partial charge in [-0.1, -0.05) is 25.1 Å². The predicted molar refractivity (Wildman–Crippen MR) is 45.4 cm³/mol. The van der Waals surface area contributed by atoms with E-state index in [1.165, 1.54) is 7.11 Å². The molecule has 3 heteroatoms. The van der Waals surface area contributed by atoms with Crippen LogP contribution in [0.15, 0.2) is 11.6 Å². The summed E-state index contributed by atoms with van der Waals surface area (Å²) in [5, 5.41) is 0.502. The van der Waals surface area contributed by atoms with E-state index in [2.05, 4.69) is 11.3 Å². The van der Waals surface area contributed by atoms with Gasteiger partial charge >= 0.3 is 5.97 Å². The molecule has 64 valence electrons. The molecule has 1 unspecified atom stereocenters. The highest BCUT2D eigenvalue weighted by atomic mass is 35.5. The highest BCUT2D eigenvalue weighted by molar-refractivity contribution is 6.29. The number of hydrogen-bond donors (Lipinski definition) is 0. The fourth-order valence-corrected chi connectivity index (χ4v) is 1.01. The zero-order valence-electron chi connectivity index (χ0n) is 6.89. The van der Waals surface area contributed by atoms with Crippen molar-refractivity contribution in [3.05, 3.63) is 11.6 Å². The summed E-state index contributed by atoms with van der Waals surface area (Å²) >= 11 is 5.55. The van der Waals surface area contributed by atoms with E-state index in [4.69, 9.17) is 11.6 Å². The number of hydrogen-bond acceptors (Lipinski definition) is 2. The van der Waals surface area contributed by atoms with Crippen molar-refractivity contribution < 1.29 is 9.53 Å². The number of carbonyl (C=O) groups excluding carboxylic acids is 1. The van der Waals surface area contributed by atoms with Crippen molar-refractivity contribution in [2.75, 3.05) is 7.11 Å². The third-order valence-electron chi connectivity index (χ3n) is 1.50. The van der Waals surface area contributed by atoms with Gasteiger partial charge < -0.3 is 4.74 Å². The zero-order valence-corrected chi connectivity index (χ0v) is 7.65. The minimum absolute atomic E-state index is 0.134. The number of rotatable bonds is 4. The van der Waals surface area contributed by atoms with E-state index in [1.807, 2.05) is 6.92 Å². The summed E-state index contributed by atoms with van der Waals surface area (Å²) in [6, 6.07) is 0. The second kappa shape index (κ2) is 5.19. The van der Waals surface area contributed by atoms with E-state index in [9.17, 15) is 4.79 Å². The summed E-state index contributed by atoms with van der Waals surface area (Å²) in [5.74, 6) is -0.348. The highest BCUT2D eigenvalue weighted by Gasteiger charge is 2.16. The van der Waals surface area contributed by atoms with E-state index in [0.29, 0.717) is 11.5 Å². The first-order valence-electron chi connectivity index (χ1n) is 3.52. The second-order valence-corrected chi connectivity index (χ2v) is 2.88. The lowest BCUT2D eigenvalue weighted by atomic mass is 10.0. The van der Waals surface area contributed by atoms with Crippen LogP contribution in [0.3, 0.4) is 0 Å². The Bertz CT molecular complexity index is 154. The van der Waals surface area contributed by atoms with Crippen molar-refractivity contribution in [2.45, 2.75) is 19.8 Å². The quantitative estimate of drug-likeness (QED) is 0.615. The van der Waals surface area contributed by atoms with Crippen molar-refractivity contribution in [3.8, 4) is 0 Å². The van der Waals surface area contributed by atoms with Gasteiger partial charge in [0.2, 0.25) is 0 Å². The van der Waals surface area contributed by atoms with Gasteiger partial charge in [-0.2, -0.15) is 0 Å². The molecule has 2 nitrogen and oxygen atoms in total. The maximum atomic E-state index is 11.0. The molecule has 0 radical (unpaired) electrons. The van der Waals surface area contributed by atoms with E-state index in [-0.39, 0.29) is 11.9 Å². The lowest BCUT2D eigenvalue weighted by Gasteiger charge is -2.10. The molecule has 0 heterocycles. The van der Waals surface area contributed by atoms with Crippen LogP contribution < -0.4 is 0 Å². The molecule has 1 atom stereocenters. The standard InChI is InChI=1S/C8H13ClO2/c1-4-7(5-6(2)9)8(10)11-3/h7H,2,4-5H2,1,3H3. The molecular formula is C8H13ClO2. The van der Waals surface area contributed by atoms with E-state index >= 15 is 0 Å². The molecule has 0 bridgehead atoms. The van der Waals surface area contributed by atoms with E-state index < -0.39 is 0 Å². The van der Waals surface area contributed by atoms with Gasteiger partial charge in [0.1, 0.15) is 0 Å². The molecule has 0 aromatic rings. The van der Waals surface area contributed by atoms with Crippen LogP contribution in [0.1, 0.15) is 19.8 Å². The van der Waals surface area contributed by atoms with Gasteiger partial charge in [-0.3, -0.25) is 4.79 Å². The maximum absolute atomic E-state index is 11.0. The van der Waals surface area contributed by atoms with Crippen LogP contribution in [-0.2, 0) is 9.53 Å². The monoisotopic (exact) mass is 176 g/mol. The predicted octanol–water partition coefficient (Wildman–Crippen LogP) is 2.33. The Balaban J connectivity index is 3.94. The summed E-state index contributed by atoms with van der Waals surface area (Å²) in [5.41, 5.74) is 0. The van der Waals surface area contributed by atoms with Gasteiger partial charge in [0, 0.05) is 5.03 Å². The molecule has 0 fully saturated rings. The summed E-state index contributed by atoms with van der Waals surface area (Å²) in [6.07, 6.45) is 1.24. The Morgan fingerprint density at radius 3 is 2.55 bits per heavy atom. The minimum atomic E-state index is -0.214. The first-order chi connectivity index (χ1) is 5.11. The molecule has 0 amide bonds. The fraction of sp³-hybridized carbons (Fsp3) is 0.625. The van der Waals surface area contributed by atoms with Gasteiger partial charge in [-0.25, -0.2) is 0 Å². The first-order valence-corrected chi connectivity index (χ1v) is 3.90. The van der Waals surface area contributed by atoms with Crippen LogP contribution in [0.25, 0.3) is 0 Å². The SMILES string of the molecule is C=C(Cl)CC(CC)C(=O)OC. The van der Waals surface area contributed by atoms with Crippen LogP contribution in [0.4, 0.5) is 0 Å². The molecule has 0 aromatic carbocycles. The number of allylic oxidation sites excluding steroid dienone is 1. The fourth-order valence-electron chi connectivity index (χ4n) is 0.828. The van der Waals surface area contributed by atoms with Crippen LogP contribution in [0.2, 0.25) is 0 Å². The van der Waals surface area contributed by atoms with Crippen molar-refractivity contribution >= 4 is 17.6 Å². The highest BCUT2D eigenvalue weighted by Crippen LogP contribution is 2.17. The molecule has 0 aliphatic carbocycles. The molecule has 0 spiro atoms. The molecule has 0 saturated carbocycles. The molecule has 0 aromatic heterocycles. The first kappa shape index (κ1) is 10.5. The summed E-state index contributed by atoms with van der Waals surface area (Å²) < 4.78 is 4.57. The number of halogens is 1. The number of methoxy groups -OCH3 is 1. The zero-order chi connectivity index (χ0) is 8.85. The normalized spacial score (nSPS) is 12.3. The third-order valence-corrected chi connectivity index (χ3v) is 1.65. The average molecular weight is 177 g/mol. The lowest BCUT2D eigenvalue weighted by molar-refractivity contribution is -0.145. The van der Waals surface area contributed by atoms with Crippen LogP contribution in [0, 0.1) is 5.92 Å². The summed E-state index contributed by atoms with van der Waals surface area (Å²) in [6.45, 7) is 5.44. The van der Waals surface area contributed by atoms with Gasteiger partial charge in [-0.15, -0.1) is 0 Å². The minimum Gasteiger partial charge on any atom is -0.469 e. The molecular weight excluding hydrogens is 164 g/mol. The Kier molecular flexibility index (Phi) is 4.95. The van der Waals surface area contributed by atoms with Crippen molar-refractivity contribution in [1.29, 1.82) is 0 Å². The van der Waals surface area contributed by atoms with Gasteiger partial charge in [0.15, 0.2) is 0 Å². The van der Waals surface area contributed by atoms with Gasteiger partial charge in [-0.05, 0) is 12.8 Å². The molecule has 0 saturated heterocycles. The molecule has 0 rings (SSSR count). The smallest absolute Gasteiger partial charge is 0.309 e. The third kappa shape index (κ3) is 4.04. The molecule has 0 N–H and O–H groups in total. The number of carbonyl (C=O) groups is 1. The summed E-state index contributed by atoms with van der Waals surface area (Å²) in [7, 11) is 1.38. The van der Waals surface area contributed by atoms with Crippen molar-refractivity contribution in [3.63, 3.8) is 0 Å². The maximum Gasteiger partial charge on any atom is 0.309 e. The topological polar surface area (TPSA) is 26.3 Å². The number of ether oxygens (including phenoxy) is 1. The van der Waals surface area contributed by atoms with E-state index in [0.717, 1.165) is 6.42 Å².